The second-order valence-corrected chi connectivity index (χ2v) is 4.45. The van der Waals surface area contributed by atoms with Crippen molar-refractivity contribution in [3.63, 3.8) is 0 Å². The lowest BCUT2D eigenvalue weighted by Gasteiger charge is -2.07. The van der Waals surface area contributed by atoms with Crippen LogP contribution in [0.4, 0.5) is 4.39 Å². The molecule has 0 bridgehead atoms. The molecule has 0 atom stereocenters. The Morgan fingerprint density at radius 2 is 1.74 bits per heavy atom. The van der Waals surface area contributed by atoms with Crippen molar-refractivity contribution >= 4 is 11.9 Å². The van der Waals surface area contributed by atoms with Crippen LogP contribution >= 0.6 is 0 Å². The first kappa shape index (κ1) is 16.2. The summed E-state index contributed by atoms with van der Waals surface area (Å²) in [5.74, 6) is -1.81. The number of esters is 1. The summed E-state index contributed by atoms with van der Waals surface area (Å²) in [6.07, 6.45) is 0.954. The van der Waals surface area contributed by atoms with Gasteiger partial charge in [-0.05, 0) is 35.4 Å². The molecule has 0 spiro atoms. The maximum Gasteiger partial charge on any atom is 0.352 e. The highest BCUT2D eigenvalue weighted by Crippen LogP contribution is 2.27. The van der Waals surface area contributed by atoms with Gasteiger partial charge in [-0.15, -0.1) is 0 Å². The van der Waals surface area contributed by atoms with E-state index in [2.05, 4.69) is 11.5 Å². The predicted molar refractivity (Wildman–Crippen MR) is 80.1 cm³/mol. The molecule has 0 N–H and O–H groups in total. The van der Waals surface area contributed by atoms with Gasteiger partial charge in [0.1, 0.15) is 0 Å². The van der Waals surface area contributed by atoms with E-state index < -0.39 is 17.8 Å². The van der Waals surface area contributed by atoms with Gasteiger partial charge in [0.2, 0.25) is 0 Å². The van der Waals surface area contributed by atoms with Gasteiger partial charge >= 0.3 is 11.9 Å². The standard InChI is InChI=1S/C17H13FO5/c1-3-17(20)21-16-9-6-13(10-15(16)18)12-4-7-14(8-5-12)23-22-11(2)19/h3-10H,1H2,2H3. The minimum Gasteiger partial charge on any atom is -0.420 e. The maximum atomic E-state index is 13.9. The molecule has 118 valence electrons. The van der Waals surface area contributed by atoms with Crippen LogP contribution in [0.25, 0.3) is 11.1 Å². The normalized spacial score (nSPS) is 9.83. The summed E-state index contributed by atoms with van der Waals surface area (Å²) < 4.78 is 18.7. The summed E-state index contributed by atoms with van der Waals surface area (Å²) in [6.45, 7) is 4.47. The van der Waals surface area contributed by atoms with Crippen LogP contribution < -0.4 is 9.62 Å². The largest absolute Gasteiger partial charge is 0.420 e. The van der Waals surface area contributed by atoms with Gasteiger partial charge in [0, 0.05) is 13.0 Å². The van der Waals surface area contributed by atoms with E-state index in [0.717, 1.165) is 6.08 Å². The summed E-state index contributed by atoms with van der Waals surface area (Å²) in [6, 6.07) is 10.7. The van der Waals surface area contributed by atoms with Crippen LogP contribution in [0.15, 0.2) is 55.1 Å². The zero-order valence-corrected chi connectivity index (χ0v) is 12.2. The number of benzene rings is 2. The van der Waals surface area contributed by atoms with Gasteiger partial charge < -0.3 is 4.74 Å². The van der Waals surface area contributed by atoms with Gasteiger partial charge in [0.15, 0.2) is 17.3 Å². The number of halogens is 1. The van der Waals surface area contributed by atoms with E-state index in [1.807, 2.05) is 0 Å². The molecule has 2 aromatic carbocycles. The fraction of sp³-hybridized carbons (Fsp3) is 0.0588. The van der Waals surface area contributed by atoms with E-state index in [9.17, 15) is 14.0 Å². The molecule has 0 aliphatic rings. The summed E-state index contributed by atoms with van der Waals surface area (Å²) in [5.41, 5.74) is 1.29. The van der Waals surface area contributed by atoms with Crippen molar-refractivity contribution in [2.24, 2.45) is 0 Å². The van der Waals surface area contributed by atoms with Crippen molar-refractivity contribution in [3.05, 3.63) is 60.9 Å². The van der Waals surface area contributed by atoms with Crippen LogP contribution in [-0.2, 0) is 14.5 Å². The van der Waals surface area contributed by atoms with Crippen molar-refractivity contribution in [2.45, 2.75) is 6.92 Å². The van der Waals surface area contributed by atoms with E-state index in [4.69, 9.17) is 9.62 Å². The van der Waals surface area contributed by atoms with Crippen LogP contribution in [0.5, 0.6) is 11.5 Å². The fourth-order valence-electron chi connectivity index (χ4n) is 1.72. The molecule has 6 heteroatoms. The molecule has 2 aromatic rings. The summed E-state index contributed by atoms with van der Waals surface area (Å²) in [4.78, 5) is 30.9. The molecular weight excluding hydrogens is 303 g/mol. The highest BCUT2D eigenvalue weighted by atomic mass is 19.1. The van der Waals surface area contributed by atoms with Crippen LogP contribution in [0.3, 0.4) is 0 Å². The number of rotatable bonds is 5. The number of hydrogen-bond acceptors (Lipinski definition) is 5. The second-order valence-electron chi connectivity index (χ2n) is 4.45. The predicted octanol–water partition coefficient (Wildman–Crippen LogP) is 3.44. The van der Waals surface area contributed by atoms with E-state index >= 15 is 0 Å². The smallest absolute Gasteiger partial charge is 0.352 e. The van der Waals surface area contributed by atoms with E-state index in [0.29, 0.717) is 16.9 Å². The third-order valence-corrected chi connectivity index (χ3v) is 2.75. The Morgan fingerprint density at radius 3 is 2.30 bits per heavy atom. The molecule has 0 aliphatic heterocycles. The van der Waals surface area contributed by atoms with Crippen LogP contribution in [0, 0.1) is 5.82 Å². The molecule has 2 rings (SSSR count). The monoisotopic (exact) mass is 316 g/mol. The highest BCUT2D eigenvalue weighted by molar-refractivity contribution is 5.83. The molecule has 0 amide bonds. The Morgan fingerprint density at radius 1 is 1.09 bits per heavy atom. The lowest BCUT2D eigenvalue weighted by atomic mass is 10.1. The summed E-state index contributed by atoms with van der Waals surface area (Å²) in [5, 5.41) is 0. The fourth-order valence-corrected chi connectivity index (χ4v) is 1.72. The average molecular weight is 316 g/mol. The first-order chi connectivity index (χ1) is 11.0. The molecule has 0 heterocycles. The SMILES string of the molecule is C=CC(=O)Oc1ccc(-c2ccc(OOC(C)=O)cc2)cc1F. The topological polar surface area (TPSA) is 61.8 Å². The summed E-state index contributed by atoms with van der Waals surface area (Å²) in [7, 11) is 0. The quantitative estimate of drug-likeness (QED) is 0.278. The Bertz CT molecular complexity index is 737. The summed E-state index contributed by atoms with van der Waals surface area (Å²) >= 11 is 0. The van der Waals surface area contributed by atoms with Gasteiger partial charge in [0.05, 0.1) is 0 Å². The van der Waals surface area contributed by atoms with Crippen LogP contribution in [0.1, 0.15) is 6.92 Å². The lowest BCUT2D eigenvalue weighted by molar-refractivity contribution is -0.210. The van der Waals surface area contributed by atoms with E-state index in [1.165, 1.54) is 19.1 Å². The molecule has 0 fully saturated rings. The Hall–Kier alpha value is -3.15. The van der Waals surface area contributed by atoms with E-state index in [1.54, 1.807) is 30.3 Å². The van der Waals surface area contributed by atoms with Crippen molar-refractivity contribution < 1.29 is 28.5 Å². The molecule has 0 saturated carbocycles. The molecule has 5 nitrogen and oxygen atoms in total. The van der Waals surface area contributed by atoms with Crippen LogP contribution in [-0.4, -0.2) is 11.9 Å². The zero-order chi connectivity index (χ0) is 16.8. The van der Waals surface area contributed by atoms with Crippen molar-refractivity contribution in [1.82, 2.24) is 0 Å². The molecule has 0 aliphatic carbocycles. The molecule has 0 saturated heterocycles. The second kappa shape index (κ2) is 7.22. The van der Waals surface area contributed by atoms with Crippen LogP contribution in [0.2, 0.25) is 0 Å². The maximum absolute atomic E-state index is 13.9. The van der Waals surface area contributed by atoms with Gasteiger partial charge in [-0.3, -0.25) is 9.78 Å². The Balaban J connectivity index is 2.15. The molecule has 0 radical (unpaired) electrons. The number of carbonyl (C=O) groups excluding carboxylic acids is 2. The first-order valence-electron chi connectivity index (χ1n) is 6.59. The molecular formula is C17H13FO5. The zero-order valence-electron chi connectivity index (χ0n) is 12.2. The first-order valence-corrected chi connectivity index (χ1v) is 6.59. The highest BCUT2D eigenvalue weighted by Gasteiger charge is 2.09. The van der Waals surface area contributed by atoms with Crippen molar-refractivity contribution in [1.29, 1.82) is 0 Å². The third-order valence-electron chi connectivity index (χ3n) is 2.75. The number of ether oxygens (including phenoxy) is 1. The Kier molecular flexibility index (Phi) is 5.09. The van der Waals surface area contributed by atoms with Gasteiger partial charge in [-0.2, -0.15) is 0 Å². The van der Waals surface area contributed by atoms with Crippen molar-refractivity contribution in [3.8, 4) is 22.6 Å². The van der Waals surface area contributed by atoms with Gasteiger partial charge in [-0.25, -0.2) is 14.0 Å². The van der Waals surface area contributed by atoms with Gasteiger partial charge in [0.25, 0.3) is 0 Å². The molecule has 23 heavy (non-hydrogen) atoms. The minimum atomic E-state index is -0.733. The molecule has 0 aromatic heterocycles. The molecule has 0 unspecified atom stereocenters. The Labute approximate surface area is 131 Å². The minimum absolute atomic E-state index is 0.173. The van der Waals surface area contributed by atoms with Gasteiger partial charge in [-0.1, -0.05) is 24.8 Å². The number of hydrogen-bond donors (Lipinski definition) is 0. The lowest BCUT2D eigenvalue weighted by Crippen LogP contribution is -2.04. The third kappa shape index (κ3) is 4.41. The van der Waals surface area contributed by atoms with Crippen molar-refractivity contribution in [2.75, 3.05) is 0 Å². The number of carbonyl (C=O) groups is 2. The average Bonchev–Trinajstić information content (AvgIpc) is 2.55. The van der Waals surface area contributed by atoms with E-state index in [-0.39, 0.29) is 5.75 Å².